The number of nitrogens with one attached hydrogen (secondary N) is 1. The average molecular weight is 289 g/mol. The second kappa shape index (κ2) is 6.20. The smallest absolute Gasteiger partial charge is 0.367 e. The van der Waals surface area contributed by atoms with E-state index in [1.54, 1.807) is 0 Å². The number of anilines is 1. The van der Waals surface area contributed by atoms with Crippen LogP contribution in [0.2, 0.25) is 10.4 Å². The highest BCUT2D eigenvalue weighted by atomic mass is 35.5. The predicted molar refractivity (Wildman–Crippen MR) is 58.2 cm³/mol. The molecule has 1 aromatic rings. The van der Waals surface area contributed by atoms with Crippen LogP contribution >= 0.6 is 23.2 Å². The van der Waals surface area contributed by atoms with Gasteiger partial charge in [-0.05, 0) is 24.4 Å². The molecular formula is C8H9Cl2F3N4. The van der Waals surface area contributed by atoms with Crippen LogP contribution in [0.5, 0.6) is 0 Å². The normalized spacial score (nSPS) is 11.6. The van der Waals surface area contributed by atoms with Crippen molar-refractivity contribution in [3.8, 4) is 0 Å². The fraction of sp³-hybridized carbons (Fsp3) is 0.625. The van der Waals surface area contributed by atoms with E-state index in [0.717, 1.165) is 0 Å². The maximum Gasteiger partial charge on any atom is 0.389 e. The summed E-state index contributed by atoms with van der Waals surface area (Å²) in [6.07, 6.45) is -4.53. The lowest BCUT2D eigenvalue weighted by molar-refractivity contribution is -0.135. The van der Waals surface area contributed by atoms with Gasteiger partial charge >= 0.3 is 6.18 Å². The Kier molecular flexibility index (Phi) is 5.20. The lowest BCUT2D eigenvalue weighted by Crippen LogP contribution is -2.09. The van der Waals surface area contributed by atoms with Crippen molar-refractivity contribution < 1.29 is 13.2 Å². The summed E-state index contributed by atoms with van der Waals surface area (Å²) < 4.78 is 35.5. The fourth-order valence-electron chi connectivity index (χ4n) is 1.06. The zero-order valence-electron chi connectivity index (χ0n) is 8.56. The van der Waals surface area contributed by atoms with E-state index in [1.807, 2.05) is 0 Å². The highest BCUT2D eigenvalue weighted by Crippen LogP contribution is 2.22. The summed E-state index contributed by atoms with van der Waals surface area (Å²) in [4.78, 5) is 3.75. The zero-order chi connectivity index (χ0) is 12.9. The molecular weight excluding hydrogens is 280 g/mol. The van der Waals surface area contributed by atoms with Crippen LogP contribution in [-0.2, 0) is 0 Å². The Hall–Kier alpha value is -0.820. The molecule has 0 aliphatic heterocycles. The van der Waals surface area contributed by atoms with E-state index < -0.39 is 12.6 Å². The minimum Gasteiger partial charge on any atom is -0.367 e. The van der Waals surface area contributed by atoms with Gasteiger partial charge in [0.25, 0.3) is 0 Å². The number of hydrogen-bond donors (Lipinski definition) is 1. The number of nitrogens with zero attached hydrogens (tertiary/aromatic N) is 3. The van der Waals surface area contributed by atoms with Crippen LogP contribution in [0.25, 0.3) is 0 Å². The van der Waals surface area contributed by atoms with Crippen LogP contribution in [0.3, 0.4) is 0 Å². The Morgan fingerprint density at radius 1 is 1.12 bits per heavy atom. The summed E-state index contributed by atoms with van der Waals surface area (Å²) in [6.45, 7) is 0.310. The van der Waals surface area contributed by atoms with Crippen LogP contribution in [0.15, 0.2) is 0 Å². The molecule has 1 rings (SSSR count). The first-order valence-electron chi connectivity index (χ1n) is 4.75. The van der Waals surface area contributed by atoms with Gasteiger partial charge in [-0.25, -0.2) is 0 Å². The van der Waals surface area contributed by atoms with Gasteiger partial charge in [-0.15, -0.1) is 10.2 Å². The molecule has 0 bridgehead atoms. The standard InChI is InChI=1S/C8H9Cl2F3N4/c9-5-6(15-7(10)17-16-5)14-4-2-1-3-8(11,12)13/h1-4H2,(H,14,15,17). The topological polar surface area (TPSA) is 50.7 Å². The molecule has 1 aromatic heterocycles. The van der Waals surface area contributed by atoms with Crippen molar-refractivity contribution in [3.05, 3.63) is 10.4 Å². The number of unbranched alkanes of at least 4 members (excludes halogenated alkanes) is 1. The van der Waals surface area contributed by atoms with Crippen molar-refractivity contribution in [1.82, 2.24) is 15.2 Å². The molecule has 0 aromatic carbocycles. The third-order valence-electron chi connectivity index (χ3n) is 1.80. The molecule has 17 heavy (non-hydrogen) atoms. The van der Waals surface area contributed by atoms with Crippen LogP contribution in [0, 0.1) is 0 Å². The lowest BCUT2D eigenvalue weighted by atomic mass is 10.2. The highest BCUT2D eigenvalue weighted by Gasteiger charge is 2.25. The Labute approximate surface area is 106 Å². The molecule has 0 radical (unpaired) electrons. The lowest BCUT2D eigenvalue weighted by Gasteiger charge is -2.07. The SMILES string of the molecule is FC(F)(F)CCCCNc1nc(Cl)nnc1Cl. The molecule has 0 fully saturated rings. The summed E-state index contributed by atoms with van der Waals surface area (Å²) in [6, 6.07) is 0. The van der Waals surface area contributed by atoms with Crippen LogP contribution in [0.4, 0.5) is 19.0 Å². The minimum atomic E-state index is -4.11. The van der Waals surface area contributed by atoms with E-state index in [9.17, 15) is 13.2 Å². The van der Waals surface area contributed by atoms with Gasteiger partial charge in [0.05, 0.1) is 0 Å². The summed E-state index contributed by atoms with van der Waals surface area (Å²) >= 11 is 11.1. The Balaban J connectivity index is 2.29. The van der Waals surface area contributed by atoms with Gasteiger partial charge < -0.3 is 5.32 Å². The number of alkyl halides is 3. The van der Waals surface area contributed by atoms with Gasteiger partial charge in [-0.1, -0.05) is 11.6 Å². The molecule has 9 heteroatoms. The molecule has 0 unspecified atom stereocenters. The third-order valence-corrected chi connectivity index (χ3v) is 2.21. The molecule has 0 aliphatic carbocycles. The zero-order valence-corrected chi connectivity index (χ0v) is 10.1. The largest absolute Gasteiger partial charge is 0.389 e. The molecule has 0 atom stereocenters. The van der Waals surface area contributed by atoms with Crippen molar-refractivity contribution in [2.45, 2.75) is 25.4 Å². The summed E-state index contributed by atoms with van der Waals surface area (Å²) in [5, 5.41) is 9.59. The van der Waals surface area contributed by atoms with Crippen LogP contribution in [0.1, 0.15) is 19.3 Å². The van der Waals surface area contributed by atoms with Gasteiger partial charge in [0.1, 0.15) is 0 Å². The monoisotopic (exact) mass is 288 g/mol. The fourth-order valence-corrected chi connectivity index (χ4v) is 1.33. The minimum absolute atomic E-state index is 0.0326. The van der Waals surface area contributed by atoms with Crippen LogP contribution in [-0.4, -0.2) is 27.9 Å². The van der Waals surface area contributed by atoms with Crippen molar-refractivity contribution in [1.29, 1.82) is 0 Å². The molecule has 4 nitrogen and oxygen atoms in total. The maximum absolute atomic E-state index is 11.8. The van der Waals surface area contributed by atoms with Crippen molar-refractivity contribution in [2.24, 2.45) is 0 Å². The third kappa shape index (κ3) is 5.88. The average Bonchev–Trinajstić information content (AvgIpc) is 2.21. The van der Waals surface area contributed by atoms with Gasteiger partial charge in [0.2, 0.25) is 5.28 Å². The Morgan fingerprint density at radius 3 is 2.47 bits per heavy atom. The molecule has 1 heterocycles. The van der Waals surface area contributed by atoms with Gasteiger partial charge in [0.15, 0.2) is 11.0 Å². The van der Waals surface area contributed by atoms with Gasteiger partial charge in [-0.3, -0.25) is 0 Å². The maximum atomic E-state index is 11.8. The molecule has 1 N–H and O–H groups in total. The number of hydrogen-bond acceptors (Lipinski definition) is 4. The van der Waals surface area contributed by atoms with E-state index >= 15 is 0 Å². The van der Waals surface area contributed by atoms with Crippen molar-refractivity contribution >= 4 is 29.0 Å². The number of aromatic nitrogens is 3. The molecule has 0 aliphatic rings. The first-order valence-corrected chi connectivity index (χ1v) is 5.50. The Bertz CT molecular complexity index is 372. The summed E-state index contributed by atoms with van der Waals surface area (Å²) in [5.74, 6) is 0.221. The predicted octanol–water partition coefficient (Wildman–Crippen LogP) is 3.32. The first-order chi connectivity index (χ1) is 7.88. The summed E-state index contributed by atoms with van der Waals surface area (Å²) in [7, 11) is 0. The van der Waals surface area contributed by atoms with Crippen molar-refractivity contribution in [3.63, 3.8) is 0 Å². The molecule has 0 saturated heterocycles. The highest BCUT2D eigenvalue weighted by molar-refractivity contribution is 6.32. The van der Waals surface area contributed by atoms with E-state index in [-0.39, 0.29) is 22.7 Å². The molecule has 0 amide bonds. The quantitative estimate of drug-likeness (QED) is 0.845. The van der Waals surface area contributed by atoms with E-state index in [2.05, 4.69) is 20.5 Å². The second-order valence-corrected chi connectivity index (χ2v) is 3.92. The summed E-state index contributed by atoms with van der Waals surface area (Å²) in [5.41, 5.74) is 0. The van der Waals surface area contributed by atoms with Gasteiger partial charge in [0, 0.05) is 13.0 Å². The van der Waals surface area contributed by atoms with E-state index in [4.69, 9.17) is 23.2 Å². The first kappa shape index (κ1) is 14.2. The van der Waals surface area contributed by atoms with E-state index in [1.165, 1.54) is 0 Å². The molecule has 96 valence electrons. The van der Waals surface area contributed by atoms with Gasteiger partial charge in [-0.2, -0.15) is 18.2 Å². The number of halogens is 5. The number of rotatable bonds is 5. The molecule has 0 saturated carbocycles. The van der Waals surface area contributed by atoms with E-state index in [0.29, 0.717) is 13.0 Å². The van der Waals surface area contributed by atoms with Crippen molar-refractivity contribution in [2.75, 3.05) is 11.9 Å². The van der Waals surface area contributed by atoms with Crippen LogP contribution < -0.4 is 5.32 Å². The molecule has 0 spiro atoms. The second-order valence-electron chi connectivity index (χ2n) is 3.22. The Morgan fingerprint density at radius 2 is 1.82 bits per heavy atom.